The first-order chi connectivity index (χ1) is 13.3. The molecule has 4 rings (SSSR count). The second-order valence-corrected chi connectivity index (χ2v) is 7.42. The summed E-state index contributed by atoms with van der Waals surface area (Å²) in [5, 5.41) is 9.46. The lowest BCUT2D eigenvalue weighted by Crippen LogP contribution is -2.45. The van der Waals surface area contributed by atoms with Gasteiger partial charge in [0.25, 0.3) is 5.91 Å². The molecule has 1 aliphatic rings. The van der Waals surface area contributed by atoms with Crippen LogP contribution in [0.5, 0.6) is 0 Å². The molecule has 0 bridgehead atoms. The Morgan fingerprint density at radius 3 is 2.89 bits per heavy atom. The number of nitrogens with one attached hydrogen (secondary N) is 1. The van der Waals surface area contributed by atoms with Gasteiger partial charge >= 0.3 is 0 Å². The van der Waals surface area contributed by atoms with Gasteiger partial charge in [0.2, 0.25) is 11.7 Å². The molecule has 0 unspecified atom stereocenters. The van der Waals surface area contributed by atoms with Crippen LogP contribution in [0.2, 0.25) is 0 Å². The second kappa shape index (κ2) is 8.41. The van der Waals surface area contributed by atoms with E-state index in [9.17, 15) is 4.79 Å². The van der Waals surface area contributed by atoms with Crippen LogP contribution in [0.25, 0.3) is 11.5 Å². The number of hydrogen-bond acceptors (Lipinski definition) is 7. The highest BCUT2D eigenvalue weighted by molar-refractivity contribution is 7.12. The molecule has 0 aliphatic carbocycles. The molecule has 0 spiro atoms. The standard InChI is InChI=1S/C19H21N5O2S/c25-19(16-5-3-13-27-16)24-11-7-14(8-12-24)20-10-6-17-22-18(23-26-17)15-4-1-2-9-21-15/h1-5,9,13-14,20H,6-8,10-12H2. The van der Waals surface area contributed by atoms with Gasteiger partial charge in [-0.05, 0) is 36.4 Å². The topological polar surface area (TPSA) is 84.2 Å². The van der Waals surface area contributed by atoms with Crippen LogP contribution < -0.4 is 5.32 Å². The summed E-state index contributed by atoms with van der Waals surface area (Å²) in [5.41, 5.74) is 0.711. The van der Waals surface area contributed by atoms with Crippen LogP contribution in [0.1, 0.15) is 28.4 Å². The molecule has 8 heteroatoms. The Hall–Kier alpha value is -2.58. The van der Waals surface area contributed by atoms with Crippen molar-refractivity contribution in [2.75, 3.05) is 19.6 Å². The van der Waals surface area contributed by atoms with Crippen molar-refractivity contribution in [1.82, 2.24) is 25.3 Å². The molecule has 1 fully saturated rings. The molecule has 1 aliphatic heterocycles. The number of pyridine rings is 1. The van der Waals surface area contributed by atoms with Crippen molar-refractivity contribution < 1.29 is 9.32 Å². The summed E-state index contributed by atoms with van der Waals surface area (Å²) >= 11 is 1.50. The summed E-state index contributed by atoms with van der Waals surface area (Å²) in [6, 6.07) is 9.83. The fourth-order valence-electron chi connectivity index (χ4n) is 3.18. The van der Waals surface area contributed by atoms with E-state index in [2.05, 4.69) is 20.4 Å². The van der Waals surface area contributed by atoms with Crippen molar-refractivity contribution >= 4 is 17.2 Å². The van der Waals surface area contributed by atoms with E-state index in [1.807, 2.05) is 40.6 Å². The Balaban J connectivity index is 1.21. The van der Waals surface area contributed by atoms with Crippen LogP contribution in [-0.4, -0.2) is 51.6 Å². The molecule has 140 valence electrons. The molecular formula is C19H21N5O2S. The zero-order valence-electron chi connectivity index (χ0n) is 14.9. The van der Waals surface area contributed by atoms with Crippen LogP contribution in [0, 0.1) is 0 Å². The third-order valence-electron chi connectivity index (χ3n) is 4.65. The Kier molecular flexibility index (Phi) is 5.55. The summed E-state index contributed by atoms with van der Waals surface area (Å²) in [4.78, 5) is 23.8. The predicted octanol–water partition coefficient (Wildman–Crippen LogP) is 2.63. The van der Waals surface area contributed by atoms with E-state index in [4.69, 9.17) is 4.52 Å². The first-order valence-corrected chi connectivity index (χ1v) is 9.98. The summed E-state index contributed by atoms with van der Waals surface area (Å²) < 4.78 is 5.31. The minimum atomic E-state index is 0.149. The van der Waals surface area contributed by atoms with Crippen LogP contribution in [0.4, 0.5) is 0 Å². The highest BCUT2D eigenvalue weighted by Gasteiger charge is 2.23. The van der Waals surface area contributed by atoms with Crippen molar-refractivity contribution in [1.29, 1.82) is 0 Å². The SMILES string of the molecule is O=C(c1cccs1)N1CCC(NCCc2nc(-c3ccccn3)no2)CC1. The fourth-order valence-corrected chi connectivity index (χ4v) is 3.87. The number of carbonyl (C=O) groups excluding carboxylic acids is 1. The third-order valence-corrected chi connectivity index (χ3v) is 5.51. The van der Waals surface area contributed by atoms with Crippen molar-refractivity contribution in [3.63, 3.8) is 0 Å². The average Bonchev–Trinajstić information content (AvgIpc) is 3.41. The van der Waals surface area contributed by atoms with Crippen LogP contribution in [-0.2, 0) is 6.42 Å². The smallest absolute Gasteiger partial charge is 0.263 e. The van der Waals surface area contributed by atoms with E-state index in [0.717, 1.165) is 37.4 Å². The maximum absolute atomic E-state index is 12.4. The molecule has 0 aromatic carbocycles. The highest BCUT2D eigenvalue weighted by atomic mass is 32.1. The summed E-state index contributed by atoms with van der Waals surface area (Å²) in [5.74, 6) is 1.27. The average molecular weight is 383 g/mol. The summed E-state index contributed by atoms with van der Waals surface area (Å²) in [7, 11) is 0. The lowest BCUT2D eigenvalue weighted by atomic mass is 10.0. The minimum Gasteiger partial charge on any atom is -0.339 e. The van der Waals surface area contributed by atoms with Crippen molar-refractivity contribution in [3.8, 4) is 11.5 Å². The van der Waals surface area contributed by atoms with E-state index in [0.29, 0.717) is 29.9 Å². The normalized spacial score (nSPS) is 15.2. The first-order valence-electron chi connectivity index (χ1n) is 9.10. The van der Waals surface area contributed by atoms with Crippen molar-refractivity contribution in [3.05, 3.63) is 52.7 Å². The van der Waals surface area contributed by atoms with E-state index in [-0.39, 0.29) is 5.91 Å². The molecule has 7 nitrogen and oxygen atoms in total. The van der Waals surface area contributed by atoms with Gasteiger partial charge in [0.1, 0.15) is 5.69 Å². The molecule has 27 heavy (non-hydrogen) atoms. The maximum Gasteiger partial charge on any atom is 0.263 e. The number of rotatable bonds is 6. The van der Waals surface area contributed by atoms with E-state index in [1.54, 1.807) is 6.20 Å². The van der Waals surface area contributed by atoms with Gasteiger partial charge in [-0.15, -0.1) is 11.3 Å². The Bertz CT molecular complexity index is 857. The quantitative estimate of drug-likeness (QED) is 0.704. The van der Waals surface area contributed by atoms with Crippen LogP contribution in [0.3, 0.4) is 0 Å². The largest absolute Gasteiger partial charge is 0.339 e. The van der Waals surface area contributed by atoms with E-state index >= 15 is 0 Å². The highest BCUT2D eigenvalue weighted by Crippen LogP contribution is 2.17. The van der Waals surface area contributed by atoms with E-state index < -0.39 is 0 Å². The minimum absolute atomic E-state index is 0.149. The lowest BCUT2D eigenvalue weighted by molar-refractivity contribution is 0.0710. The molecule has 0 radical (unpaired) electrons. The Morgan fingerprint density at radius 2 is 2.15 bits per heavy atom. The maximum atomic E-state index is 12.4. The summed E-state index contributed by atoms with van der Waals surface area (Å²) in [6.45, 7) is 2.35. The molecule has 0 atom stereocenters. The van der Waals surface area contributed by atoms with Gasteiger partial charge in [0.05, 0.1) is 4.88 Å². The molecule has 1 saturated heterocycles. The molecular weight excluding hydrogens is 362 g/mol. The number of nitrogens with zero attached hydrogens (tertiary/aromatic N) is 4. The van der Waals surface area contributed by atoms with Crippen LogP contribution in [0.15, 0.2) is 46.4 Å². The Labute approximate surface area is 161 Å². The van der Waals surface area contributed by atoms with Crippen molar-refractivity contribution in [2.45, 2.75) is 25.3 Å². The third kappa shape index (κ3) is 4.40. The number of piperidine rings is 1. The Morgan fingerprint density at radius 1 is 1.26 bits per heavy atom. The fraction of sp³-hybridized carbons (Fsp3) is 0.368. The zero-order chi connectivity index (χ0) is 18.5. The van der Waals surface area contributed by atoms with Crippen molar-refractivity contribution in [2.24, 2.45) is 0 Å². The van der Waals surface area contributed by atoms with Crippen LogP contribution >= 0.6 is 11.3 Å². The van der Waals surface area contributed by atoms with Gasteiger partial charge in [-0.2, -0.15) is 4.98 Å². The number of carbonyl (C=O) groups is 1. The number of aromatic nitrogens is 3. The second-order valence-electron chi connectivity index (χ2n) is 6.47. The number of amides is 1. The van der Waals surface area contributed by atoms with Gasteiger partial charge in [0, 0.05) is 38.3 Å². The number of hydrogen-bond donors (Lipinski definition) is 1. The monoisotopic (exact) mass is 383 g/mol. The lowest BCUT2D eigenvalue weighted by Gasteiger charge is -2.32. The molecule has 4 heterocycles. The van der Waals surface area contributed by atoms with Gasteiger partial charge in [-0.1, -0.05) is 17.3 Å². The van der Waals surface area contributed by atoms with Gasteiger partial charge in [-0.3, -0.25) is 9.78 Å². The zero-order valence-corrected chi connectivity index (χ0v) is 15.7. The summed E-state index contributed by atoms with van der Waals surface area (Å²) in [6.07, 6.45) is 4.30. The van der Waals surface area contributed by atoms with Gasteiger partial charge in [0.15, 0.2) is 0 Å². The van der Waals surface area contributed by atoms with Gasteiger partial charge in [-0.25, -0.2) is 0 Å². The molecule has 3 aromatic heterocycles. The molecule has 1 amide bonds. The first kappa shape index (κ1) is 17.8. The molecule has 0 saturated carbocycles. The molecule has 1 N–H and O–H groups in total. The van der Waals surface area contributed by atoms with Gasteiger partial charge < -0.3 is 14.7 Å². The van der Waals surface area contributed by atoms with E-state index in [1.165, 1.54) is 11.3 Å². The number of thiophene rings is 1. The molecule has 3 aromatic rings. The predicted molar refractivity (Wildman–Crippen MR) is 102 cm³/mol. The number of likely N-dealkylation sites (tertiary alicyclic amines) is 1.